The Bertz CT molecular complexity index is 2600. The first kappa shape index (κ1) is 39.1. The van der Waals surface area contributed by atoms with Crippen LogP contribution in [0.4, 0.5) is 0 Å². The number of nitriles is 1. The maximum absolute atomic E-state index is 11.9. The highest BCUT2D eigenvalue weighted by molar-refractivity contribution is 9.10. The van der Waals surface area contributed by atoms with Crippen molar-refractivity contribution in [2.24, 2.45) is 0 Å². The van der Waals surface area contributed by atoms with E-state index in [4.69, 9.17) is 56.4 Å². The first-order chi connectivity index (χ1) is 25.9. The zero-order valence-electron chi connectivity index (χ0n) is 27.6. The molecule has 0 atom stereocenters. The van der Waals surface area contributed by atoms with E-state index in [1.165, 1.54) is 29.8 Å². The van der Waals surface area contributed by atoms with Gasteiger partial charge in [0.1, 0.15) is 10.0 Å². The lowest BCUT2D eigenvalue weighted by Gasteiger charge is -2.08. The van der Waals surface area contributed by atoms with Crippen molar-refractivity contribution >= 4 is 96.9 Å². The van der Waals surface area contributed by atoms with Gasteiger partial charge in [-0.15, -0.1) is 22.7 Å². The predicted molar refractivity (Wildman–Crippen MR) is 222 cm³/mol. The summed E-state index contributed by atoms with van der Waals surface area (Å²) in [6.07, 6.45) is 0. The number of rotatable bonds is 7. The molecule has 1 N–H and O–H groups in total. The van der Waals surface area contributed by atoms with Gasteiger partial charge in [-0.05, 0) is 81.7 Å². The molecule has 0 aliphatic carbocycles. The topological polar surface area (TPSA) is 113 Å². The summed E-state index contributed by atoms with van der Waals surface area (Å²) < 4.78 is 5.47. The smallest absolute Gasteiger partial charge is 0.339 e. The molecule has 14 heteroatoms. The largest absolute Gasteiger partial charge is 0.478 e. The maximum Gasteiger partial charge on any atom is 0.339 e. The van der Waals surface area contributed by atoms with Crippen LogP contribution in [0.3, 0.4) is 0 Å². The van der Waals surface area contributed by atoms with E-state index in [0.29, 0.717) is 57.4 Å². The predicted octanol–water partition coefficient (Wildman–Crippen LogP) is 13.4. The molecule has 0 fully saturated rings. The molecule has 7 rings (SSSR count). The van der Waals surface area contributed by atoms with Crippen LogP contribution in [0.15, 0.2) is 112 Å². The zero-order chi connectivity index (χ0) is 38.5. The molecule has 0 amide bonds. The number of benzene rings is 5. The minimum atomic E-state index is -1.05. The van der Waals surface area contributed by atoms with E-state index >= 15 is 0 Å². The lowest BCUT2D eigenvalue weighted by molar-refractivity contribution is 0.0598. The Morgan fingerprint density at radius 2 is 1.22 bits per heavy atom. The van der Waals surface area contributed by atoms with Crippen LogP contribution in [0.5, 0.6) is 0 Å². The SMILES string of the molecule is COC(=O)c1cc(-c2nc(-c3ccc(Cl)c(Cl)c3)cs2)ccc1Br.N#Cc1cccc(-c2ccc(-c3nc(-c4ccc(Cl)c(Cl)c4)cs3)cc2C(=O)O)c1. The van der Waals surface area contributed by atoms with Crippen LogP contribution in [0.1, 0.15) is 26.3 Å². The quantitative estimate of drug-likeness (QED) is 0.159. The number of carboxylic acids is 1. The lowest BCUT2D eigenvalue weighted by atomic mass is 9.96. The molecule has 0 aliphatic rings. The van der Waals surface area contributed by atoms with Crippen LogP contribution in [0.25, 0.3) is 54.8 Å². The summed E-state index contributed by atoms with van der Waals surface area (Å²) in [7, 11) is 1.35. The molecule has 0 saturated heterocycles. The molecule has 0 saturated carbocycles. The molecule has 268 valence electrons. The molecule has 0 spiro atoms. The van der Waals surface area contributed by atoms with Crippen LogP contribution < -0.4 is 0 Å². The normalized spacial score (nSPS) is 10.6. The van der Waals surface area contributed by atoms with Gasteiger partial charge < -0.3 is 9.84 Å². The Labute approximate surface area is 346 Å². The van der Waals surface area contributed by atoms with Gasteiger partial charge in [0, 0.05) is 37.5 Å². The summed E-state index contributed by atoms with van der Waals surface area (Å²) in [5.74, 6) is -1.44. The summed E-state index contributed by atoms with van der Waals surface area (Å²) in [5, 5.41) is 26.1. The van der Waals surface area contributed by atoms with Crippen molar-refractivity contribution < 1.29 is 19.4 Å². The third-order valence-electron chi connectivity index (χ3n) is 7.86. The number of hydrogen-bond acceptors (Lipinski definition) is 8. The summed E-state index contributed by atoms with van der Waals surface area (Å²) in [6, 6.07) is 30.3. The number of aromatic nitrogens is 2. The van der Waals surface area contributed by atoms with Gasteiger partial charge in [-0.3, -0.25) is 0 Å². The number of carboxylic acid groups (broad SMARTS) is 1. The minimum Gasteiger partial charge on any atom is -0.478 e. The second-order valence-corrected chi connectivity index (χ2v) is 15.5. The van der Waals surface area contributed by atoms with Gasteiger partial charge in [-0.25, -0.2) is 19.6 Å². The van der Waals surface area contributed by atoms with E-state index in [1.807, 2.05) is 41.1 Å². The highest BCUT2D eigenvalue weighted by Gasteiger charge is 2.17. The van der Waals surface area contributed by atoms with Crippen molar-refractivity contribution in [1.82, 2.24) is 9.97 Å². The third kappa shape index (κ3) is 8.86. The van der Waals surface area contributed by atoms with E-state index in [1.54, 1.807) is 66.7 Å². The van der Waals surface area contributed by atoms with Crippen molar-refractivity contribution in [2.45, 2.75) is 0 Å². The van der Waals surface area contributed by atoms with Gasteiger partial charge >= 0.3 is 11.9 Å². The van der Waals surface area contributed by atoms with E-state index in [2.05, 4.69) is 32.0 Å². The highest BCUT2D eigenvalue weighted by Crippen LogP contribution is 2.36. The molecule has 0 radical (unpaired) electrons. The van der Waals surface area contributed by atoms with E-state index in [0.717, 1.165) is 33.1 Å². The molecule has 7 nitrogen and oxygen atoms in total. The summed E-state index contributed by atoms with van der Waals surface area (Å²) in [6.45, 7) is 0. The average Bonchev–Trinajstić information content (AvgIpc) is 3.89. The molecular weight excluding hydrogens is 872 g/mol. The number of halogens is 5. The molecule has 5 aromatic carbocycles. The number of ether oxygens (including phenoxy) is 1. The average molecular weight is 894 g/mol. The van der Waals surface area contributed by atoms with E-state index < -0.39 is 11.9 Å². The fourth-order valence-electron chi connectivity index (χ4n) is 5.18. The number of hydrogen-bond donors (Lipinski definition) is 1. The Hall–Kier alpha value is -4.57. The number of methoxy groups -OCH3 is 1. The number of thiazole rings is 2. The zero-order valence-corrected chi connectivity index (χ0v) is 33.9. The van der Waals surface area contributed by atoms with Crippen LogP contribution in [-0.4, -0.2) is 34.1 Å². The number of esters is 1. The Kier molecular flexibility index (Phi) is 12.5. The molecule has 0 aliphatic heterocycles. The van der Waals surface area contributed by atoms with Gasteiger partial charge in [-0.2, -0.15) is 5.26 Å². The highest BCUT2D eigenvalue weighted by atomic mass is 79.9. The van der Waals surface area contributed by atoms with E-state index in [-0.39, 0.29) is 5.56 Å². The van der Waals surface area contributed by atoms with Gasteiger partial charge in [0.15, 0.2) is 0 Å². The molecule has 2 heterocycles. The van der Waals surface area contributed by atoms with Crippen molar-refractivity contribution in [3.05, 3.63) is 149 Å². The van der Waals surface area contributed by atoms with Crippen molar-refractivity contribution in [3.63, 3.8) is 0 Å². The molecular formula is C40H22BrCl4N3O4S2. The second-order valence-electron chi connectivity index (χ2n) is 11.3. The van der Waals surface area contributed by atoms with Crippen LogP contribution in [0.2, 0.25) is 20.1 Å². The molecule has 54 heavy (non-hydrogen) atoms. The first-order valence-corrected chi connectivity index (χ1v) is 19.6. The lowest BCUT2D eigenvalue weighted by Crippen LogP contribution is -2.02. The summed E-state index contributed by atoms with van der Waals surface area (Å²) in [5.41, 5.74) is 7.09. The number of nitrogens with zero attached hydrogens (tertiary/aromatic N) is 3. The molecule has 2 aromatic heterocycles. The summed E-state index contributed by atoms with van der Waals surface area (Å²) in [4.78, 5) is 33.0. The third-order valence-corrected chi connectivity index (χ3v) is 11.8. The second kappa shape index (κ2) is 17.3. The number of carbonyl (C=O) groups is 2. The van der Waals surface area contributed by atoms with Crippen LogP contribution in [-0.2, 0) is 4.74 Å². The molecule has 0 bridgehead atoms. The molecule has 7 aromatic rings. The Morgan fingerprint density at radius 3 is 1.74 bits per heavy atom. The van der Waals surface area contributed by atoms with Crippen LogP contribution in [0, 0.1) is 11.3 Å². The number of carbonyl (C=O) groups excluding carboxylic acids is 1. The monoisotopic (exact) mass is 891 g/mol. The van der Waals surface area contributed by atoms with Crippen molar-refractivity contribution in [2.75, 3.05) is 7.11 Å². The first-order valence-electron chi connectivity index (χ1n) is 15.5. The van der Waals surface area contributed by atoms with Gasteiger partial charge in [0.2, 0.25) is 0 Å². The van der Waals surface area contributed by atoms with Gasteiger partial charge in [-0.1, -0.05) is 88.9 Å². The minimum absolute atomic E-state index is 0.147. The Morgan fingerprint density at radius 1 is 0.685 bits per heavy atom. The maximum atomic E-state index is 11.9. The standard InChI is InChI=1S/C23H12Cl2N2O2S.C17H10BrCl2NO2S/c24-19-7-5-15(10-20(19)25)21-12-30-22(27-21)16-4-6-17(18(9-16)23(28)29)14-3-1-2-13(8-14)11-26;1-23-17(22)11-6-10(2-4-12(11)18)16-21-15(8-24-16)9-3-5-13(19)14(20)7-9/h1-10,12H,(H,28,29);2-8H,1H3. The van der Waals surface area contributed by atoms with Crippen molar-refractivity contribution in [1.29, 1.82) is 5.26 Å². The fraction of sp³-hybridized carbons (Fsp3) is 0.0250. The van der Waals surface area contributed by atoms with E-state index in [9.17, 15) is 14.7 Å². The Balaban J connectivity index is 0.000000189. The molecule has 0 unspecified atom stereocenters. The fourth-order valence-corrected chi connectivity index (χ4v) is 7.83. The van der Waals surface area contributed by atoms with Crippen LogP contribution >= 0.6 is 85.0 Å². The number of aromatic carboxylic acids is 1. The van der Waals surface area contributed by atoms with Gasteiger partial charge in [0.05, 0.1) is 61.3 Å². The van der Waals surface area contributed by atoms with Gasteiger partial charge in [0.25, 0.3) is 0 Å². The summed E-state index contributed by atoms with van der Waals surface area (Å²) >= 11 is 30.3. The van der Waals surface area contributed by atoms with Crippen molar-refractivity contribution in [3.8, 4) is 60.9 Å².